The van der Waals surface area contributed by atoms with Crippen LogP contribution in [0.25, 0.3) is 0 Å². The molecular weight excluding hydrogens is 392 g/mol. The lowest BCUT2D eigenvalue weighted by Gasteiger charge is -2.04. The maximum Gasteiger partial charge on any atom is 0.308 e. The standard InChI is InChI=1S/C6H12O4.2C6H10O3.H2O/c1-2-10-6(9)3-5(8)4-7;2*1-2-8-6(7)3-5-4-9-5;/h5,7-8H,2-4H2,1H3;2*5H,2-4H2,1H3;1H2/t2*5-;;/m10../s1. The van der Waals surface area contributed by atoms with Gasteiger partial charge in [0.25, 0.3) is 0 Å². The van der Waals surface area contributed by atoms with E-state index >= 15 is 0 Å². The minimum atomic E-state index is -0.987. The SMILES string of the molecule is CCOC(=O)CC1CO1.CCOC(=O)C[C@@H](O)CO.CCOC(=O)C[C@H]1CO1.O. The first-order valence-corrected chi connectivity index (χ1v) is 9.35. The molecule has 2 rings (SSSR count). The lowest BCUT2D eigenvalue weighted by molar-refractivity contribution is -0.146. The number of aliphatic hydroxyl groups excluding tert-OH is 2. The molecule has 1 unspecified atom stereocenters. The number of epoxide rings is 2. The summed E-state index contributed by atoms with van der Waals surface area (Å²) in [4.78, 5) is 31.7. The molecule has 0 radical (unpaired) electrons. The Balaban J connectivity index is 0. The Morgan fingerprint density at radius 1 is 0.862 bits per heavy atom. The van der Waals surface area contributed by atoms with Crippen LogP contribution in [-0.2, 0) is 38.1 Å². The number of esters is 3. The van der Waals surface area contributed by atoms with Crippen LogP contribution in [0.1, 0.15) is 40.0 Å². The minimum absolute atomic E-state index is 0. The molecule has 172 valence electrons. The van der Waals surface area contributed by atoms with E-state index in [0.717, 1.165) is 13.2 Å². The van der Waals surface area contributed by atoms with Crippen molar-refractivity contribution in [1.82, 2.24) is 0 Å². The van der Waals surface area contributed by atoms with Gasteiger partial charge in [0.05, 0.1) is 77.2 Å². The van der Waals surface area contributed by atoms with Crippen LogP contribution in [0.3, 0.4) is 0 Å². The molecule has 4 N–H and O–H groups in total. The number of hydrogen-bond acceptors (Lipinski definition) is 10. The number of hydrogen-bond donors (Lipinski definition) is 2. The highest BCUT2D eigenvalue weighted by atomic mass is 16.6. The zero-order valence-corrected chi connectivity index (χ0v) is 17.3. The molecule has 0 saturated carbocycles. The molecule has 0 amide bonds. The van der Waals surface area contributed by atoms with Crippen molar-refractivity contribution in [2.45, 2.75) is 58.3 Å². The number of ether oxygens (including phenoxy) is 5. The summed E-state index contributed by atoms with van der Waals surface area (Å²) < 4.78 is 23.5. The summed E-state index contributed by atoms with van der Waals surface area (Å²) in [5.74, 6) is -0.788. The van der Waals surface area contributed by atoms with Gasteiger partial charge in [-0.15, -0.1) is 0 Å². The topological polar surface area (TPSA) is 176 Å². The molecule has 2 aliphatic rings. The average molecular weight is 426 g/mol. The second-order valence-corrected chi connectivity index (χ2v) is 5.77. The summed E-state index contributed by atoms with van der Waals surface area (Å²) in [5, 5.41) is 17.0. The van der Waals surface area contributed by atoms with Gasteiger partial charge < -0.3 is 39.4 Å². The molecule has 2 saturated heterocycles. The molecule has 2 aliphatic heterocycles. The Bertz CT molecular complexity index is 419. The molecule has 0 aromatic rings. The molecule has 0 spiro atoms. The number of carbonyl (C=O) groups excluding carboxylic acids is 3. The predicted octanol–water partition coefficient (Wildman–Crippen LogP) is -0.855. The summed E-state index contributed by atoms with van der Waals surface area (Å²) in [7, 11) is 0. The quantitative estimate of drug-likeness (QED) is 0.254. The first-order chi connectivity index (χ1) is 13.4. The van der Waals surface area contributed by atoms with Gasteiger partial charge in [-0.1, -0.05) is 0 Å². The van der Waals surface area contributed by atoms with E-state index in [4.69, 9.17) is 19.7 Å². The van der Waals surface area contributed by atoms with Gasteiger partial charge in [0.2, 0.25) is 0 Å². The Labute approximate surface area is 170 Å². The molecule has 29 heavy (non-hydrogen) atoms. The van der Waals surface area contributed by atoms with E-state index in [0.29, 0.717) is 32.7 Å². The van der Waals surface area contributed by atoms with E-state index in [1.165, 1.54) is 0 Å². The largest absolute Gasteiger partial charge is 0.466 e. The smallest absolute Gasteiger partial charge is 0.308 e. The van der Waals surface area contributed by atoms with E-state index in [2.05, 4.69) is 14.2 Å². The Hall–Kier alpha value is -1.79. The summed E-state index contributed by atoms with van der Waals surface area (Å²) in [6.45, 7) is 7.55. The van der Waals surface area contributed by atoms with Gasteiger partial charge >= 0.3 is 17.9 Å². The van der Waals surface area contributed by atoms with Gasteiger partial charge in [-0.05, 0) is 20.8 Å². The summed E-state index contributed by atoms with van der Waals surface area (Å²) >= 11 is 0. The van der Waals surface area contributed by atoms with Crippen molar-refractivity contribution in [3.63, 3.8) is 0 Å². The van der Waals surface area contributed by atoms with Crippen molar-refractivity contribution in [2.24, 2.45) is 0 Å². The van der Waals surface area contributed by atoms with Crippen LogP contribution in [0, 0.1) is 0 Å². The van der Waals surface area contributed by atoms with Crippen molar-refractivity contribution in [3.8, 4) is 0 Å². The molecule has 11 heteroatoms. The van der Waals surface area contributed by atoms with Crippen LogP contribution < -0.4 is 0 Å². The normalized spacial score (nSPS) is 18.9. The van der Waals surface area contributed by atoms with Gasteiger partial charge in [-0.2, -0.15) is 0 Å². The van der Waals surface area contributed by atoms with Crippen LogP contribution in [0.2, 0.25) is 0 Å². The van der Waals surface area contributed by atoms with Crippen LogP contribution >= 0.6 is 0 Å². The molecule has 0 aliphatic carbocycles. The summed E-state index contributed by atoms with van der Waals surface area (Å²) in [5.41, 5.74) is 0. The highest BCUT2D eigenvalue weighted by Crippen LogP contribution is 2.14. The molecule has 3 atom stereocenters. The highest BCUT2D eigenvalue weighted by molar-refractivity contribution is 5.70. The van der Waals surface area contributed by atoms with E-state index < -0.39 is 18.7 Å². The van der Waals surface area contributed by atoms with Crippen LogP contribution in [-0.4, -0.2) is 91.6 Å². The molecule has 2 heterocycles. The molecule has 0 aromatic carbocycles. The maximum absolute atomic E-state index is 10.6. The zero-order valence-electron chi connectivity index (χ0n) is 17.3. The third-order valence-electron chi connectivity index (χ3n) is 3.12. The number of rotatable bonds is 10. The van der Waals surface area contributed by atoms with E-state index in [1.54, 1.807) is 20.8 Å². The lowest BCUT2D eigenvalue weighted by Crippen LogP contribution is -2.18. The van der Waals surface area contributed by atoms with Gasteiger partial charge in [-0.25, -0.2) is 0 Å². The molecule has 0 bridgehead atoms. The van der Waals surface area contributed by atoms with Gasteiger partial charge in [0.1, 0.15) is 0 Å². The Kier molecular flexibility index (Phi) is 18.5. The fourth-order valence-electron chi connectivity index (χ4n) is 1.66. The van der Waals surface area contributed by atoms with Crippen LogP contribution in [0.5, 0.6) is 0 Å². The zero-order chi connectivity index (χ0) is 21.4. The van der Waals surface area contributed by atoms with Crippen molar-refractivity contribution < 1.29 is 53.8 Å². The summed E-state index contributed by atoms with van der Waals surface area (Å²) in [6.07, 6.45) is 0.0404. The Morgan fingerprint density at radius 3 is 1.48 bits per heavy atom. The highest BCUT2D eigenvalue weighted by Gasteiger charge is 2.26. The molecule has 2 fully saturated rings. The third kappa shape index (κ3) is 20.7. The second kappa shape index (κ2) is 18.3. The van der Waals surface area contributed by atoms with Gasteiger partial charge in [0.15, 0.2) is 0 Å². The fraction of sp³-hybridized carbons (Fsp3) is 0.833. The van der Waals surface area contributed by atoms with E-state index in [-0.39, 0.29) is 36.0 Å². The summed E-state index contributed by atoms with van der Waals surface area (Å²) in [6, 6.07) is 0. The van der Waals surface area contributed by atoms with Crippen LogP contribution in [0.4, 0.5) is 0 Å². The predicted molar refractivity (Wildman–Crippen MR) is 99.9 cm³/mol. The molecule has 0 aromatic heterocycles. The maximum atomic E-state index is 10.6. The van der Waals surface area contributed by atoms with Crippen molar-refractivity contribution in [1.29, 1.82) is 0 Å². The second-order valence-electron chi connectivity index (χ2n) is 5.77. The molecular formula is C18H34O11. The van der Waals surface area contributed by atoms with Gasteiger partial charge in [-0.3, -0.25) is 14.4 Å². The minimum Gasteiger partial charge on any atom is -0.466 e. The number of aliphatic hydroxyl groups is 2. The van der Waals surface area contributed by atoms with Crippen molar-refractivity contribution >= 4 is 17.9 Å². The third-order valence-corrected chi connectivity index (χ3v) is 3.12. The van der Waals surface area contributed by atoms with Gasteiger partial charge in [0, 0.05) is 0 Å². The Morgan fingerprint density at radius 2 is 1.21 bits per heavy atom. The number of carbonyl (C=O) groups is 3. The lowest BCUT2D eigenvalue weighted by atomic mass is 10.3. The van der Waals surface area contributed by atoms with E-state index in [9.17, 15) is 14.4 Å². The van der Waals surface area contributed by atoms with Crippen molar-refractivity contribution in [2.75, 3.05) is 39.6 Å². The fourth-order valence-corrected chi connectivity index (χ4v) is 1.66. The van der Waals surface area contributed by atoms with E-state index in [1.807, 2.05) is 0 Å². The van der Waals surface area contributed by atoms with Crippen molar-refractivity contribution in [3.05, 3.63) is 0 Å². The average Bonchev–Trinajstić information content (AvgIpc) is 3.54. The monoisotopic (exact) mass is 426 g/mol. The first kappa shape index (κ1) is 29.4. The first-order valence-electron chi connectivity index (χ1n) is 9.35. The molecule has 11 nitrogen and oxygen atoms in total. The van der Waals surface area contributed by atoms with Crippen LogP contribution in [0.15, 0.2) is 0 Å².